The molecular weight excluding hydrogens is 420 g/mol. The average molecular weight is 449 g/mol. The Morgan fingerprint density at radius 3 is 2.78 bits per heavy atom. The second-order valence-corrected chi connectivity index (χ2v) is 9.89. The van der Waals surface area contributed by atoms with Gasteiger partial charge >= 0.3 is 0 Å². The van der Waals surface area contributed by atoms with Gasteiger partial charge < -0.3 is 16.0 Å². The number of nitrogens with two attached hydrogens (primary N) is 1. The fourth-order valence-corrected chi connectivity index (χ4v) is 5.73. The summed E-state index contributed by atoms with van der Waals surface area (Å²) >= 11 is 1.45. The second kappa shape index (κ2) is 8.26. The molecule has 0 radical (unpaired) electrons. The molecular formula is C24H28N6OS. The summed E-state index contributed by atoms with van der Waals surface area (Å²) in [5.74, 6) is -0.0124. The third-order valence-corrected chi connectivity index (χ3v) is 7.38. The van der Waals surface area contributed by atoms with Crippen molar-refractivity contribution >= 4 is 33.6 Å². The Morgan fingerprint density at radius 1 is 1.25 bits per heavy atom. The highest BCUT2D eigenvalue weighted by molar-refractivity contribution is 8.15. The van der Waals surface area contributed by atoms with E-state index in [-0.39, 0.29) is 11.9 Å². The third-order valence-electron chi connectivity index (χ3n) is 6.17. The van der Waals surface area contributed by atoms with Gasteiger partial charge in [0.15, 0.2) is 5.37 Å². The van der Waals surface area contributed by atoms with Gasteiger partial charge in [0.1, 0.15) is 5.04 Å². The van der Waals surface area contributed by atoms with E-state index in [0.29, 0.717) is 5.92 Å². The number of pyridine rings is 1. The average Bonchev–Trinajstić information content (AvgIpc) is 3.50. The maximum Gasteiger partial charge on any atom is 0.252 e. The number of nitrogens with zero attached hydrogens (tertiary/aromatic N) is 3. The number of rotatable bonds is 5. The molecule has 2 unspecified atom stereocenters. The first-order valence-corrected chi connectivity index (χ1v) is 11.9. The Balaban J connectivity index is 1.58. The third kappa shape index (κ3) is 3.67. The molecule has 2 aliphatic heterocycles. The number of aromatic nitrogens is 2. The minimum atomic E-state index is -0.461. The highest BCUT2D eigenvalue weighted by Gasteiger charge is 2.38. The monoisotopic (exact) mass is 448 g/mol. The van der Waals surface area contributed by atoms with Crippen molar-refractivity contribution in [2.75, 3.05) is 13.1 Å². The summed E-state index contributed by atoms with van der Waals surface area (Å²) in [5, 5.41) is 11.7. The van der Waals surface area contributed by atoms with Crippen LogP contribution in [0.3, 0.4) is 0 Å². The van der Waals surface area contributed by atoms with Crippen molar-refractivity contribution in [1.82, 2.24) is 20.3 Å². The van der Waals surface area contributed by atoms with Crippen LogP contribution >= 0.6 is 11.8 Å². The van der Waals surface area contributed by atoms with Gasteiger partial charge in [-0.25, -0.2) is 0 Å². The fourth-order valence-electron chi connectivity index (χ4n) is 4.67. The van der Waals surface area contributed by atoms with E-state index in [2.05, 4.69) is 53.4 Å². The van der Waals surface area contributed by atoms with Crippen LogP contribution in [-0.4, -0.2) is 50.4 Å². The van der Waals surface area contributed by atoms with E-state index >= 15 is 0 Å². The number of carbonyl (C=O) groups excluding carboxylic acids is 1. The minimum Gasteiger partial charge on any atom is -0.367 e. The van der Waals surface area contributed by atoms with Gasteiger partial charge in [-0.3, -0.25) is 14.8 Å². The van der Waals surface area contributed by atoms with Crippen LogP contribution in [0.1, 0.15) is 43.0 Å². The maximum absolute atomic E-state index is 12.1. The van der Waals surface area contributed by atoms with Gasteiger partial charge in [0, 0.05) is 40.5 Å². The first-order chi connectivity index (χ1) is 15.4. The van der Waals surface area contributed by atoms with Crippen molar-refractivity contribution in [2.45, 2.75) is 44.5 Å². The van der Waals surface area contributed by atoms with E-state index in [4.69, 9.17) is 10.8 Å². The zero-order valence-electron chi connectivity index (χ0n) is 18.6. The van der Waals surface area contributed by atoms with Crippen LogP contribution in [0.2, 0.25) is 0 Å². The van der Waals surface area contributed by atoms with E-state index in [1.54, 1.807) is 0 Å². The molecule has 7 nitrogen and oxygen atoms in total. The quantitative estimate of drug-likeness (QED) is 0.554. The maximum atomic E-state index is 12.1. The highest BCUT2D eigenvalue weighted by Crippen LogP contribution is 2.38. The van der Waals surface area contributed by atoms with Gasteiger partial charge in [0.25, 0.3) is 5.91 Å². The molecule has 1 aromatic carbocycles. The van der Waals surface area contributed by atoms with Gasteiger partial charge in [-0.05, 0) is 55.6 Å². The Labute approximate surface area is 191 Å². The molecule has 8 heteroatoms. The van der Waals surface area contributed by atoms with Crippen LogP contribution in [0.15, 0.2) is 41.6 Å². The van der Waals surface area contributed by atoms with Crippen LogP contribution in [-0.2, 0) is 4.79 Å². The molecule has 166 valence electrons. The molecule has 2 aliphatic rings. The molecule has 1 saturated heterocycles. The number of hydrazone groups is 1. The molecule has 32 heavy (non-hydrogen) atoms. The highest BCUT2D eigenvalue weighted by atomic mass is 32.2. The summed E-state index contributed by atoms with van der Waals surface area (Å²) in [6.45, 7) is 8.20. The molecule has 0 aliphatic carbocycles. The van der Waals surface area contributed by atoms with Gasteiger partial charge in [-0.2, -0.15) is 5.10 Å². The number of amides is 1. The van der Waals surface area contributed by atoms with E-state index in [1.165, 1.54) is 22.7 Å². The lowest BCUT2D eigenvalue weighted by atomic mass is 9.95. The molecule has 3 aromatic rings. The number of H-pyrrole nitrogens is 1. The molecule has 2 atom stereocenters. The number of thioether (sulfide) groups is 1. The Bertz CT molecular complexity index is 1210. The van der Waals surface area contributed by atoms with Crippen molar-refractivity contribution in [3.8, 4) is 11.3 Å². The van der Waals surface area contributed by atoms with Gasteiger partial charge in [0.2, 0.25) is 0 Å². The van der Waals surface area contributed by atoms with Gasteiger partial charge in [0.05, 0.1) is 11.7 Å². The summed E-state index contributed by atoms with van der Waals surface area (Å²) < 4.78 is 0. The van der Waals surface area contributed by atoms with E-state index in [9.17, 15) is 4.79 Å². The lowest BCUT2D eigenvalue weighted by Crippen LogP contribution is -2.43. The minimum absolute atomic E-state index is 0.196. The molecule has 2 aromatic heterocycles. The SMILES string of the molecule is Cc1cc(-c2[nH]c3ccc(C4=NN(C5CCNC5)C(C(N)=O)S4)cc3c2C(C)C)ccn1. The number of aryl methyl sites for hydroxylation is 1. The van der Waals surface area contributed by atoms with Crippen LogP contribution in [0.5, 0.6) is 0 Å². The van der Waals surface area contributed by atoms with Crippen LogP contribution in [0.25, 0.3) is 22.2 Å². The summed E-state index contributed by atoms with van der Waals surface area (Å²) in [7, 11) is 0. The van der Waals surface area contributed by atoms with Crippen molar-refractivity contribution < 1.29 is 4.79 Å². The predicted octanol–water partition coefficient (Wildman–Crippen LogP) is 3.55. The summed E-state index contributed by atoms with van der Waals surface area (Å²) in [6.07, 6.45) is 2.82. The Kier molecular flexibility index (Phi) is 5.43. The number of hydrogen-bond donors (Lipinski definition) is 3. The topological polar surface area (TPSA) is 99.4 Å². The molecule has 0 bridgehead atoms. The number of hydrogen-bond acceptors (Lipinski definition) is 6. The fraction of sp³-hybridized carbons (Fsp3) is 0.375. The molecule has 1 amide bonds. The molecule has 4 heterocycles. The first-order valence-electron chi connectivity index (χ1n) is 11.0. The lowest BCUT2D eigenvalue weighted by Gasteiger charge is -2.25. The van der Waals surface area contributed by atoms with Crippen LogP contribution in [0, 0.1) is 6.92 Å². The number of aromatic amines is 1. The van der Waals surface area contributed by atoms with Crippen molar-refractivity contribution in [3.63, 3.8) is 0 Å². The summed E-state index contributed by atoms with van der Waals surface area (Å²) in [5.41, 5.74) is 12.4. The largest absolute Gasteiger partial charge is 0.367 e. The number of benzene rings is 1. The number of carbonyl (C=O) groups is 1. The normalized spacial score (nSPS) is 21.0. The number of nitrogens with one attached hydrogen (secondary N) is 2. The molecule has 1 fully saturated rings. The lowest BCUT2D eigenvalue weighted by molar-refractivity contribution is -0.120. The smallest absolute Gasteiger partial charge is 0.252 e. The molecule has 5 rings (SSSR count). The van der Waals surface area contributed by atoms with Crippen molar-refractivity contribution in [1.29, 1.82) is 0 Å². The molecule has 4 N–H and O–H groups in total. The molecule has 0 spiro atoms. The van der Waals surface area contributed by atoms with E-state index in [0.717, 1.165) is 52.6 Å². The predicted molar refractivity (Wildman–Crippen MR) is 131 cm³/mol. The number of fused-ring (bicyclic) bond motifs is 1. The van der Waals surface area contributed by atoms with Crippen LogP contribution in [0.4, 0.5) is 0 Å². The van der Waals surface area contributed by atoms with Gasteiger partial charge in [-0.15, -0.1) is 0 Å². The van der Waals surface area contributed by atoms with E-state index < -0.39 is 5.37 Å². The Morgan fingerprint density at radius 2 is 2.09 bits per heavy atom. The first kappa shape index (κ1) is 21.0. The summed E-state index contributed by atoms with van der Waals surface area (Å²) in [6, 6.07) is 10.7. The summed E-state index contributed by atoms with van der Waals surface area (Å²) in [4.78, 5) is 20.1. The zero-order chi connectivity index (χ0) is 22.4. The molecule has 0 saturated carbocycles. The van der Waals surface area contributed by atoms with E-state index in [1.807, 2.05) is 24.2 Å². The number of primary amides is 1. The zero-order valence-corrected chi connectivity index (χ0v) is 19.4. The standard InChI is InChI=1S/C24H28N6OS/c1-13(2)20-18-11-16(4-5-19(18)28-21(20)15-6-9-27-14(3)10-15)23-29-30(17-7-8-26-12-17)24(32-23)22(25)31/h4-6,9-11,13,17,24,26,28H,7-8,12H2,1-3H3,(H2,25,31). The van der Waals surface area contributed by atoms with Crippen LogP contribution < -0.4 is 11.1 Å². The second-order valence-electron chi connectivity index (χ2n) is 8.82. The van der Waals surface area contributed by atoms with Gasteiger partial charge in [-0.1, -0.05) is 31.7 Å². The van der Waals surface area contributed by atoms with Crippen molar-refractivity contribution in [3.05, 3.63) is 53.3 Å². The van der Waals surface area contributed by atoms with Crippen molar-refractivity contribution in [2.24, 2.45) is 10.8 Å². The Hall–Kier alpha value is -2.84.